The van der Waals surface area contributed by atoms with Crippen LogP contribution in [0.1, 0.15) is 32.6 Å². The van der Waals surface area contributed by atoms with Crippen molar-refractivity contribution in [1.82, 2.24) is 0 Å². The van der Waals surface area contributed by atoms with E-state index in [0.29, 0.717) is 0 Å². The average Bonchev–Trinajstić information content (AvgIpc) is 1.88. The lowest BCUT2D eigenvalue weighted by Crippen LogP contribution is -2.21. The molecular weight excluding hydrogens is 118 g/mol. The summed E-state index contributed by atoms with van der Waals surface area (Å²) in [7, 11) is 2.36. The quantitative estimate of drug-likeness (QED) is 0.482. The minimum atomic E-state index is 0.924. The molecule has 0 atom stereocenters. The molecule has 0 nitrogen and oxygen atoms in total. The van der Waals surface area contributed by atoms with Gasteiger partial charge in [-0.05, 0) is 5.92 Å². The van der Waals surface area contributed by atoms with Crippen molar-refractivity contribution >= 4 is 14.3 Å². The van der Waals surface area contributed by atoms with Gasteiger partial charge in [-0.25, -0.2) is 0 Å². The molecule has 0 unspecified atom stereocenters. The van der Waals surface area contributed by atoms with E-state index in [4.69, 9.17) is 0 Å². The average molecular weight is 136 g/mol. The Hall–Kier alpha value is 0.130. The van der Waals surface area contributed by atoms with Gasteiger partial charge in [-0.1, -0.05) is 45.2 Å². The Morgan fingerprint density at radius 3 is 2.10 bits per heavy atom. The van der Waals surface area contributed by atoms with E-state index < -0.39 is 0 Å². The molecule has 0 N–H and O–H groups in total. The Labute approximate surface area is 66.2 Å². The molecule has 0 spiro atoms. The van der Waals surface area contributed by atoms with Gasteiger partial charge < -0.3 is 0 Å². The predicted octanol–water partition coefficient (Wildman–Crippen LogP) is 1.82. The summed E-state index contributed by atoms with van der Waals surface area (Å²) >= 11 is 0. The Morgan fingerprint density at radius 2 is 1.70 bits per heavy atom. The molecule has 0 aromatic rings. The van der Waals surface area contributed by atoms with Gasteiger partial charge in [-0.15, -0.1) is 0 Å². The SMILES string of the molecule is BB(C)C1CCC(C)CC1. The molecule has 0 amide bonds. The minimum Gasteiger partial charge on any atom is -0.0924 e. The molecule has 2 heteroatoms. The zero-order valence-electron chi connectivity index (χ0n) is 7.56. The highest BCUT2D eigenvalue weighted by Crippen LogP contribution is 2.33. The highest BCUT2D eigenvalue weighted by molar-refractivity contribution is 7.03. The third kappa shape index (κ3) is 2.07. The first kappa shape index (κ1) is 8.23. The predicted molar refractivity (Wildman–Crippen MR) is 51.5 cm³/mol. The molecule has 0 aromatic carbocycles. The van der Waals surface area contributed by atoms with E-state index in [9.17, 15) is 0 Å². The minimum absolute atomic E-state index is 0.924. The number of rotatable bonds is 1. The third-order valence-electron chi connectivity index (χ3n) is 3.00. The maximum Gasteiger partial charge on any atom is 0.101 e. The monoisotopic (exact) mass is 136 g/mol. The highest BCUT2D eigenvalue weighted by atomic mass is 14.2. The van der Waals surface area contributed by atoms with E-state index in [1.165, 1.54) is 25.7 Å². The van der Waals surface area contributed by atoms with Crippen LogP contribution >= 0.6 is 0 Å². The summed E-state index contributed by atoms with van der Waals surface area (Å²) < 4.78 is 0. The number of hydrogen-bond acceptors (Lipinski definition) is 0. The first-order chi connectivity index (χ1) is 4.70. The molecule has 0 heterocycles. The van der Waals surface area contributed by atoms with E-state index in [1.54, 1.807) is 0 Å². The van der Waals surface area contributed by atoms with E-state index in [-0.39, 0.29) is 0 Å². The van der Waals surface area contributed by atoms with Crippen LogP contribution in [0.25, 0.3) is 0 Å². The van der Waals surface area contributed by atoms with Crippen LogP contribution in [0.4, 0.5) is 0 Å². The van der Waals surface area contributed by atoms with Gasteiger partial charge in [0.05, 0.1) is 7.74 Å². The zero-order chi connectivity index (χ0) is 7.56. The summed E-state index contributed by atoms with van der Waals surface area (Å²) in [6.45, 7) is 5.67. The van der Waals surface area contributed by atoms with Gasteiger partial charge in [-0.2, -0.15) is 0 Å². The van der Waals surface area contributed by atoms with Crippen molar-refractivity contribution < 1.29 is 0 Å². The van der Waals surface area contributed by atoms with E-state index in [0.717, 1.165) is 18.3 Å². The van der Waals surface area contributed by atoms with Gasteiger partial charge in [0.25, 0.3) is 0 Å². The fourth-order valence-corrected chi connectivity index (χ4v) is 1.95. The van der Waals surface area contributed by atoms with Crippen LogP contribution < -0.4 is 0 Å². The molecular formula is C8H18B2. The first-order valence-corrected chi connectivity index (χ1v) is 4.70. The molecule has 0 radical (unpaired) electrons. The number of hydrogen-bond donors (Lipinski definition) is 0. The van der Waals surface area contributed by atoms with Crippen LogP contribution in [-0.2, 0) is 0 Å². The molecule has 10 heavy (non-hydrogen) atoms. The van der Waals surface area contributed by atoms with Crippen molar-refractivity contribution in [3.8, 4) is 0 Å². The molecule has 0 bridgehead atoms. The normalized spacial score (nSPS) is 33.8. The summed E-state index contributed by atoms with van der Waals surface area (Å²) in [6, 6.07) is 0. The summed E-state index contributed by atoms with van der Waals surface area (Å²) in [5.74, 6) is 2.05. The van der Waals surface area contributed by atoms with Gasteiger partial charge in [-0.3, -0.25) is 0 Å². The van der Waals surface area contributed by atoms with Crippen LogP contribution in [0.3, 0.4) is 0 Å². The Balaban J connectivity index is 2.26. The standard InChI is InChI=1S/C8H18B2/c1-7-3-5-8(6-4-7)10(2)9/h7-8H,3-6,9H2,1-2H3. The van der Waals surface area contributed by atoms with Gasteiger partial charge >= 0.3 is 0 Å². The third-order valence-corrected chi connectivity index (χ3v) is 3.00. The van der Waals surface area contributed by atoms with Crippen LogP contribution in [0.5, 0.6) is 0 Å². The van der Waals surface area contributed by atoms with Crippen LogP contribution in [0.2, 0.25) is 12.6 Å². The van der Waals surface area contributed by atoms with Gasteiger partial charge in [0.2, 0.25) is 0 Å². The van der Waals surface area contributed by atoms with Crippen molar-refractivity contribution in [2.24, 2.45) is 5.92 Å². The Kier molecular flexibility index (Phi) is 2.88. The molecule has 1 rings (SSSR count). The second-order valence-electron chi connectivity index (χ2n) is 4.26. The highest BCUT2D eigenvalue weighted by Gasteiger charge is 2.21. The molecule has 1 saturated carbocycles. The van der Waals surface area contributed by atoms with Gasteiger partial charge in [0, 0.05) is 0 Å². The Morgan fingerprint density at radius 1 is 1.20 bits per heavy atom. The van der Waals surface area contributed by atoms with E-state index in [1.807, 2.05) is 0 Å². The Bertz CT molecular complexity index is 93.4. The van der Waals surface area contributed by atoms with Crippen molar-refractivity contribution in [3.63, 3.8) is 0 Å². The van der Waals surface area contributed by atoms with Crippen molar-refractivity contribution in [3.05, 3.63) is 0 Å². The van der Waals surface area contributed by atoms with Gasteiger partial charge in [0.15, 0.2) is 0 Å². The smallest absolute Gasteiger partial charge is 0.0924 e. The second-order valence-corrected chi connectivity index (χ2v) is 4.26. The molecule has 0 saturated heterocycles. The van der Waals surface area contributed by atoms with E-state index >= 15 is 0 Å². The van der Waals surface area contributed by atoms with Crippen molar-refractivity contribution in [2.45, 2.75) is 45.2 Å². The second kappa shape index (κ2) is 3.50. The maximum atomic E-state index is 2.39. The molecule has 1 aliphatic carbocycles. The zero-order valence-corrected chi connectivity index (χ0v) is 7.56. The van der Waals surface area contributed by atoms with Crippen LogP contribution in [0.15, 0.2) is 0 Å². The van der Waals surface area contributed by atoms with Gasteiger partial charge in [0.1, 0.15) is 6.60 Å². The lowest BCUT2D eigenvalue weighted by Gasteiger charge is -2.27. The van der Waals surface area contributed by atoms with Crippen molar-refractivity contribution in [2.75, 3.05) is 0 Å². The molecule has 56 valence electrons. The summed E-state index contributed by atoms with van der Waals surface area (Å²) in [6.07, 6.45) is 5.92. The fourth-order valence-electron chi connectivity index (χ4n) is 1.95. The van der Waals surface area contributed by atoms with Crippen molar-refractivity contribution in [1.29, 1.82) is 0 Å². The summed E-state index contributed by atoms with van der Waals surface area (Å²) in [5.41, 5.74) is 0. The van der Waals surface area contributed by atoms with Crippen LogP contribution in [-0.4, -0.2) is 14.3 Å². The molecule has 1 aliphatic rings. The fraction of sp³-hybridized carbons (Fsp3) is 1.00. The van der Waals surface area contributed by atoms with E-state index in [2.05, 4.69) is 21.5 Å². The lowest BCUT2D eigenvalue weighted by atomic mass is 9.26. The van der Waals surface area contributed by atoms with Crippen LogP contribution in [0, 0.1) is 5.92 Å². The maximum absolute atomic E-state index is 2.39. The summed E-state index contributed by atoms with van der Waals surface area (Å²) in [5, 5.41) is 0. The molecule has 0 aromatic heterocycles. The molecule has 1 fully saturated rings. The topological polar surface area (TPSA) is 0 Å². The first-order valence-electron chi connectivity index (χ1n) is 4.70. The largest absolute Gasteiger partial charge is 0.101 e. The lowest BCUT2D eigenvalue weighted by molar-refractivity contribution is 0.383. The molecule has 0 aliphatic heterocycles. The summed E-state index contributed by atoms with van der Waals surface area (Å²) in [4.78, 5) is 0.